The second-order valence-electron chi connectivity index (χ2n) is 6.93. The van der Waals surface area contributed by atoms with Crippen molar-refractivity contribution in [2.24, 2.45) is 0 Å². The molecule has 0 unspecified atom stereocenters. The SMILES string of the molecule is CCCCCCCC[Si](C)(C)c1ccc(OCOC)c(C)c1. The van der Waals surface area contributed by atoms with Crippen LogP contribution >= 0.6 is 0 Å². The second-order valence-corrected chi connectivity index (χ2v) is 11.8. The number of methoxy groups -OCH3 is 1. The fourth-order valence-corrected chi connectivity index (χ4v) is 5.41. The molecule has 3 heteroatoms. The lowest BCUT2D eigenvalue weighted by atomic mass is 10.1. The highest BCUT2D eigenvalue weighted by molar-refractivity contribution is 6.89. The first-order valence-electron chi connectivity index (χ1n) is 8.74. The highest BCUT2D eigenvalue weighted by Crippen LogP contribution is 2.21. The lowest BCUT2D eigenvalue weighted by molar-refractivity contribution is 0.0506. The van der Waals surface area contributed by atoms with Crippen LogP contribution in [0.3, 0.4) is 0 Å². The zero-order valence-electron chi connectivity index (χ0n) is 15.2. The molecular weight excluding hydrogens is 288 g/mol. The normalized spacial score (nSPS) is 11.7. The molecule has 0 N–H and O–H groups in total. The lowest BCUT2D eigenvalue weighted by Gasteiger charge is -2.24. The van der Waals surface area contributed by atoms with Gasteiger partial charge in [-0.1, -0.05) is 81.9 Å². The third-order valence-corrected chi connectivity index (χ3v) is 7.92. The van der Waals surface area contributed by atoms with Crippen LogP contribution in [0.1, 0.15) is 51.0 Å². The van der Waals surface area contributed by atoms with E-state index in [9.17, 15) is 0 Å². The Morgan fingerprint density at radius 1 is 1.00 bits per heavy atom. The van der Waals surface area contributed by atoms with E-state index in [0.717, 1.165) is 5.75 Å². The standard InChI is InChI=1S/C19H34O2Si/c1-6-7-8-9-10-11-14-22(4,5)18-12-13-19(17(2)15-18)21-16-20-3/h12-13,15H,6-11,14,16H2,1-5H3. The van der Waals surface area contributed by atoms with Crippen molar-refractivity contribution in [2.75, 3.05) is 13.9 Å². The molecule has 0 spiro atoms. The average molecular weight is 323 g/mol. The van der Waals surface area contributed by atoms with Crippen LogP contribution in [-0.2, 0) is 4.74 Å². The van der Waals surface area contributed by atoms with E-state index in [1.165, 1.54) is 50.1 Å². The molecule has 0 bridgehead atoms. The summed E-state index contributed by atoms with van der Waals surface area (Å²) in [7, 11) is 0.333. The number of ether oxygens (including phenoxy) is 2. The number of hydrogen-bond donors (Lipinski definition) is 0. The summed E-state index contributed by atoms with van der Waals surface area (Å²) in [6, 6.07) is 8.09. The van der Waals surface area contributed by atoms with E-state index in [1.54, 1.807) is 12.3 Å². The molecule has 2 nitrogen and oxygen atoms in total. The topological polar surface area (TPSA) is 18.5 Å². The summed E-state index contributed by atoms with van der Waals surface area (Å²) in [5, 5.41) is 1.54. The van der Waals surface area contributed by atoms with Gasteiger partial charge >= 0.3 is 0 Å². The largest absolute Gasteiger partial charge is 0.467 e. The molecule has 0 heterocycles. The van der Waals surface area contributed by atoms with Crippen molar-refractivity contribution in [3.63, 3.8) is 0 Å². The Morgan fingerprint density at radius 3 is 2.32 bits per heavy atom. The molecule has 0 aliphatic rings. The minimum atomic E-state index is -1.32. The summed E-state index contributed by atoms with van der Waals surface area (Å²) < 4.78 is 10.6. The molecule has 0 atom stereocenters. The van der Waals surface area contributed by atoms with Gasteiger partial charge in [0.25, 0.3) is 0 Å². The predicted octanol–water partition coefficient (Wildman–Crippen LogP) is 5.25. The number of rotatable bonds is 11. The van der Waals surface area contributed by atoms with Gasteiger partial charge in [0.2, 0.25) is 0 Å². The van der Waals surface area contributed by atoms with Crippen LogP contribution in [-0.4, -0.2) is 22.0 Å². The number of unbranched alkanes of at least 4 members (excludes halogenated alkanes) is 5. The van der Waals surface area contributed by atoms with E-state index >= 15 is 0 Å². The summed E-state index contributed by atoms with van der Waals surface area (Å²) in [5.74, 6) is 0.940. The highest BCUT2D eigenvalue weighted by atomic mass is 28.3. The quantitative estimate of drug-likeness (QED) is 0.314. The summed E-state index contributed by atoms with van der Waals surface area (Å²) in [6.07, 6.45) is 8.30. The molecule has 0 saturated carbocycles. The Labute approximate surface area is 138 Å². The molecular formula is C19H34O2Si. The third kappa shape index (κ3) is 6.53. The van der Waals surface area contributed by atoms with Crippen LogP contribution in [0.15, 0.2) is 18.2 Å². The minimum Gasteiger partial charge on any atom is -0.467 e. The first-order valence-corrected chi connectivity index (χ1v) is 11.9. The van der Waals surface area contributed by atoms with Gasteiger partial charge < -0.3 is 9.47 Å². The number of benzene rings is 1. The third-order valence-electron chi connectivity index (χ3n) is 4.44. The Balaban J connectivity index is 2.51. The smallest absolute Gasteiger partial charge is 0.188 e. The molecule has 0 aliphatic carbocycles. The highest BCUT2D eigenvalue weighted by Gasteiger charge is 2.23. The van der Waals surface area contributed by atoms with Gasteiger partial charge in [-0.3, -0.25) is 0 Å². The maximum absolute atomic E-state index is 5.58. The molecule has 1 aromatic carbocycles. The second kappa shape index (κ2) is 10.1. The maximum atomic E-state index is 5.58. The van der Waals surface area contributed by atoms with E-state index in [-0.39, 0.29) is 0 Å². The van der Waals surface area contributed by atoms with Gasteiger partial charge in [0.15, 0.2) is 6.79 Å². The molecule has 0 amide bonds. The summed E-state index contributed by atoms with van der Waals surface area (Å²) in [4.78, 5) is 0. The summed E-state index contributed by atoms with van der Waals surface area (Å²) in [5.41, 5.74) is 1.22. The number of hydrogen-bond acceptors (Lipinski definition) is 2. The van der Waals surface area contributed by atoms with Crippen LogP contribution in [0.2, 0.25) is 19.1 Å². The van der Waals surface area contributed by atoms with Crippen molar-refractivity contribution < 1.29 is 9.47 Å². The van der Waals surface area contributed by atoms with E-state index in [2.05, 4.69) is 45.1 Å². The first kappa shape index (κ1) is 19.2. The van der Waals surface area contributed by atoms with Crippen LogP contribution in [0.5, 0.6) is 5.75 Å². The monoisotopic (exact) mass is 322 g/mol. The van der Waals surface area contributed by atoms with Gasteiger partial charge in [-0.05, 0) is 18.6 Å². The zero-order valence-corrected chi connectivity index (χ0v) is 16.2. The van der Waals surface area contributed by atoms with E-state index < -0.39 is 8.07 Å². The summed E-state index contributed by atoms with van der Waals surface area (Å²) >= 11 is 0. The molecule has 1 aromatic rings. The molecule has 1 rings (SSSR count). The molecule has 22 heavy (non-hydrogen) atoms. The molecule has 0 radical (unpaired) electrons. The van der Waals surface area contributed by atoms with Crippen LogP contribution in [0.25, 0.3) is 0 Å². The van der Waals surface area contributed by atoms with Gasteiger partial charge in [0.05, 0.1) is 8.07 Å². The van der Waals surface area contributed by atoms with Gasteiger partial charge in [-0.2, -0.15) is 0 Å². The van der Waals surface area contributed by atoms with Crippen molar-refractivity contribution in [1.29, 1.82) is 0 Å². The number of aryl methyl sites for hydroxylation is 1. The Morgan fingerprint density at radius 2 is 1.68 bits per heavy atom. The molecule has 0 aliphatic heterocycles. The van der Waals surface area contributed by atoms with Crippen molar-refractivity contribution >= 4 is 13.3 Å². The minimum absolute atomic E-state index is 0.318. The Hall–Kier alpha value is -0.803. The van der Waals surface area contributed by atoms with Crippen LogP contribution in [0, 0.1) is 6.92 Å². The van der Waals surface area contributed by atoms with Gasteiger partial charge in [0.1, 0.15) is 5.75 Å². The molecule has 0 aromatic heterocycles. The van der Waals surface area contributed by atoms with Crippen LogP contribution in [0.4, 0.5) is 0 Å². The lowest BCUT2D eigenvalue weighted by Crippen LogP contribution is -2.41. The average Bonchev–Trinajstić information content (AvgIpc) is 2.49. The molecule has 126 valence electrons. The molecule has 0 saturated heterocycles. The van der Waals surface area contributed by atoms with Gasteiger partial charge in [0, 0.05) is 7.11 Å². The fraction of sp³-hybridized carbons (Fsp3) is 0.684. The first-order chi connectivity index (χ1) is 10.5. The Bertz CT molecular complexity index is 429. The van der Waals surface area contributed by atoms with Crippen molar-refractivity contribution in [3.05, 3.63) is 23.8 Å². The van der Waals surface area contributed by atoms with Crippen molar-refractivity contribution in [2.45, 2.75) is 71.5 Å². The Kier molecular flexibility index (Phi) is 8.80. The van der Waals surface area contributed by atoms with Crippen LogP contribution < -0.4 is 9.92 Å². The fourth-order valence-electron chi connectivity index (χ4n) is 2.85. The van der Waals surface area contributed by atoms with Crippen molar-refractivity contribution in [3.8, 4) is 5.75 Å². The van der Waals surface area contributed by atoms with Gasteiger partial charge in [-0.15, -0.1) is 0 Å². The predicted molar refractivity (Wildman–Crippen MR) is 99.0 cm³/mol. The zero-order chi connectivity index (χ0) is 16.4. The van der Waals surface area contributed by atoms with Gasteiger partial charge in [-0.25, -0.2) is 0 Å². The van der Waals surface area contributed by atoms with E-state index in [1.807, 2.05) is 0 Å². The maximum Gasteiger partial charge on any atom is 0.188 e. The van der Waals surface area contributed by atoms with E-state index in [0.29, 0.717) is 6.79 Å². The molecule has 0 fully saturated rings. The summed E-state index contributed by atoms with van der Waals surface area (Å²) in [6.45, 7) is 9.70. The van der Waals surface area contributed by atoms with E-state index in [4.69, 9.17) is 9.47 Å². The van der Waals surface area contributed by atoms with Crippen molar-refractivity contribution in [1.82, 2.24) is 0 Å².